The van der Waals surface area contributed by atoms with Crippen molar-refractivity contribution in [3.05, 3.63) is 23.5 Å². The number of pyridine rings is 1. The molecule has 6 nitrogen and oxygen atoms in total. The lowest BCUT2D eigenvalue weighted by atomic mass is 10.1. The van der Waals surface area contributed by atoms with Crippen LogP contribution in [0.2, 0.25) is 0 Å². The van der Waals surface area contributed by atoms with E-state index in [1.165, 1.54) is 0 Å². The van der Waals surface area contributed by atoms with Crippen LogP contribution in [0.3, 0.4) is 0 Å². The summed E-state index contributed by atoms with van der Waals surface area (Å²) in [4.78, 5) is 19.2. The third-order valence-corrected chi connectivity index (χ3v) is 4.45. The van der Waals surface area contributed by atoms with E-state index in [1.54, 1.807) is 11.1 Å². The predicted molar refractivity (Wildman–Crippen MR) is 81.8 cm³/mol. The maximum Gasteiger partial charge on any atom is 0.254 e. The number of aliphatic hydroxyl groups excluding tert-OH is 1. The highest BCUT2D eigenvalue weighted by Crippen LogP contribution is 2.40. The Hall–Kier alpha value is -1.95. The second kappa shape index (κ2) is 4.78. The minimum Gasteiger partial charge on any atom is -0.389 e. The van der Waals surface area contributed by atoms with E-state index in [4.69, 9.17) is 4.98 Å². The van der Waals surface area contributed by atoms with Gasteiger partial charge in [0.05, 0.1) is 23.3 Å². The maximum atomic E-state index is 12.7. The number of likely N-dealkylation sites (tertiary alicyclic amines) is 1. The summed E-state index contributed by atoms with van der Waals surface area (Å²) in [6.45, 7) is 4.95. The Bertz CT molecular complexity index is 742. The van der Waals surface area contributed by atoms with Crippen LogP contribution in [-0.4, -0.2) is 49.9 Å². The van der Waals surface area contributed by atoms with Gasteiger partial charge < -0.3 is 10.0 Å². The normalized spacial score (nSPS) is 19.0. The number of rotatable bonds is 3. The first-order chi connectivity index (χ1) is 10.5. The van der Waals surface area contributed by atoms with Crippen molar-refractivity contribution in [1.29, 1.82) is 0 Å². The summed E-state index contributed by atoms with van der Waals surface area (Å²) in [5, 5.41) is 14.7. The Morgan fingerprint density at radius 2 is 2.09 bits per heavy atom. The van der Waals surface area contributed by atoms with Gasteiger partial charge in [-0.05, 0) is 32.8 Å². The van der Waals surface area contributed by atoms with E-state index in [-0.39, 0.29) is 18.1 Å². The second-order valence-corrected chi connectivity index (χ2v) is 6.65. The van der Waals surface area contributed by atoms with Crippen LogP contribution >= 0.6 is 0 Å². The van der Waals surface area contributed by atoms with Gasteiger partial charge in [0.1, 0.15) is 0 Å². The van der Waals surface area contributed by atoms with Gasteiger partial charge in [0.2, 0.25) is 0 Å². The summed E-state index contributed by atoms with van der Waals surface area (Å²) < 4.78 is 1.88. The molecule has 22 heavy (non-hydrogen) atoms. The zero-order valence-electron chi connectivity index (χ0n) is 12.9. The summed E-state index contributed by atoms with van der Waals surface area (Å²) in [5.41, 5.74) is 2.47. The Kier molecular flexibility index (Phi) is 2.97. The molecule has 1 saturated heterocycles. The van der Waals surface area contributed by atoms with Crippen molar-refractivity contribution in [2.24, 2.45) is 0 Å². The van der Waals surface area contributed by atoms with Gasteiger partial charge in [-0.25, -0.2) is 9.67 Å². The molecule has 1 N–H and O–H groups in total. The van der Waals surface area contributed by atoms with Crippen molar-refractivity contribution >= 4 is 16.9 Å². The van der Waals surface area contributed by atoms with Crippen molar-refractivity contribution in [2.75, 3.05) is 13.1 Å². The lowest BCUT2D eigenvalue weighted by molar-refractivity contribution is 0.00602. The summed E-state index contributed by atoms with van der Waals surface area (Å²) >= 11 is 0. The Morgan fingerprint density at radius 1 is 1.36 bits per heavy atom. The smallest absolute Gasteiger partial charge is 0.254 e. The van der Waals surface area contributed by atoms with Gasteiger partial charge in [-0.15, -0.1) is 0 Å². The molecule has 0 bridgehead atoms. The average Bonchev–Trinajstić information content (AvgIpc) is 3.21. The van der Waals surface area contributed by atoms with Crippen molar-refractivity contribution < 1.29 is 9.90 Å². The number of aromatic nitrogens is 3. The lowest BCUT2D eigenvalue weighted by Crippen LogP contribution is -2.53. The van der Waals surface area contributed by atoms with Gasteiger partial charge in [0.25, 0.3) is 5.91 Å². The standard InChI is InChI=1S/C16H20N4O2/c1-9(2)20-15-13(6-17-20)12(5-14(18-15)10-3-4-10)16(22)19-7-11(21)8-19/h5-6,9-11,21H,3-4,7-8H2,1-2H3. The number of carbonyl (C=O) groups excluding carboxylic acids is 1. The van der Waals surface area contributed by atoms with Gasteiger partial charge >= 0.3 is 0 Å². The number of hydrogen-bond acceptors (Lipinski definition) is 4. The molecular formula is C16H20N4O2. The highest BCUT2D eigenvalue weighted by molar-refractivity contribution is 6.05. The van der Waals surface area contributed by atoms with Crippen LogP contribution in [0, 0.1) is 0 Å². The molecule has 2 aromatic heterocycles. The molecule has 6 heteroatoms. The average molecular weight is 300 g/mol. The minimum atomic E-state index is -0.387. The first kappa shape index (κ1) is 13.7. The number of amides is 1. The van der Waals surface area contributed by atoms with Crippen molar-refractivity contribution in [3.63, 3.8) is 0 Å². The van der Waals surface area contributed by atoms with E-state index in [1.807, 2.05) is 10.7 Å². The number of carbonyl (C=O) groups is 1. The number of β-amino-alcohol motifs (C(OH)–C–C–N with tert-alkyl or cyclic N) is 1. The molecule has 0 radical (unpaired) electrons. The highest BCUT2D eigenvalue weighted by atomic mass is 16.3. The van der Waals surface area contributed by atoms with E-state index < -0.39 is 0 Å². The number of nitrogens with zero attached hydrogens (tertiary/aromatic N) is 4. The second-order valence-electron chi connectivity index (χ2n) is 6.65. The topological polar surface area (TPSA) is 71.2 Å². The highest BCUT2D eigenvalue weighted by Gasteiger charge is 2.33. The lowest BCUT2D eigenvalue weighted by Gasteiger charge is -2.36. The summed E-state index contributed by atoms with van der Waals surface area (Å²) in [6, 6.07) is 2.13. The fourth-order valence-electron chi connectivity index (χ4n) is 2.97. The van der Waals surface area contributed by atoms with E-state index in [2.05, 4.69) is 18.9 Å². The van der Waals surface area contributed by atoms with Crippen LogP contribution < -0.4 is 0 Å². The summed E-state index contributed by atoms with van der Waals surface area (Å²) in [7, 11) is 0. The summed E-state index contributed by atoms with van der Waals surface area (Å²) in [6.07, 6.45) is 3.64. The quantitative estimate of drug-likeness (QED) is 0.936. The van der Waals surface area contributed by atoms with Crippen LogP contribution in [0.5, 0.6) is 0 Å². The summed E-state index contributed by atoms with van der Waals surface area (Å²) in [5.74, 6) is 0.455. The van der Waals surface area contributed by atoms with E-state index in [9.17, 15) is 9.90 Å². The molecule has 3 heterocycles. The Balaban J connectivity index is 1.83. The minimum absolute atomic E-state index is 0.0251. The first-order valence-electron chi connectivity index (χ1n) is 7.90. The maximum absolute atomic E-state index is 12.7. The fraction of sp³-hybridized carbons (Fsp3) is 0.562. The zero-order valence-corrected chi connectivity index (χ0v) is 12.9. The van der Waals surface area contributed by atoms with Gasteiger partial charge in [0.15, 0.2) is 5.65 Å². The van der Waals surface area contributed by atoms with Crippen molar-refractivity contribution in [3.8, 4) is 0 Å². The van der Waals surface area contributed by atoms with E-state index in [0.29, 0.717) is 24.6 Å². The molecule has 1 amide bonds. The van der Waals surface area contributed by atoms with Crippen LogP contribution in [0.15, 0.2) is 12.3 Å². The SMILES string of the molecule is CC(C)n1ncc2c(C(=O)N3CC(O)C3)cc(C3CC3)nc21. The number of fused-ring (bicyclic) bond motifs is 1. The zero-order chi connectivity index (χ0) is 15.4. The van der Waals surface area contributed by atoms with Gasteiger partial charge in [-0.1, -0.05) is 0 Å². The van der Waals surface area contributed by atoms with Crippen molar-refractivity contribution in [2.45, 2.75) is 44.8 Å². The molecule has 4 rings (SSSR count). The molecule has 1 aliphatic heterocycles. The molecule has 2 aromatic rings. The number of hydrogen-bond donors (Lipinski definition) is 1. The Labute approximate surface area is 128 Å². The molecule has 1 aliphatic carbocycles. The fourth-order valence-corrected chi connectivity index (χ4v) is 2.97. The van der Waals surface area contributed by atoms with Crippen molar-refractivity contribution in [1.82, 2.24) is 19.7 Å². The third-order valence-electron chi connectivity index (χ3n) is 4.45. The molecule has 0 spiro atoms. The van der Waals surface area contributed by atoms with Crippen LogP contribution in [0.25, 0.3) is 11.0 Å². The predicted octanol–water partition coefficient (Wildman–Crippen LogP) is 1.71. The van der Waals surface area contributed by atoms with Crippen LogP contribution in [-0.2, 0) is 0 Å². The van der Waals surface area contributed by atoms with Crippen LogP contribution in [0.1, 0.15) is 54.7 Å². The van der Waals surface area contributed by atoms with Gasteiger partial charge in [0, 0.05) is 30.7 Å². The van der Waals surface area contributed by atoms with Crippen LogP contribution in [0.4, 0.5) is 0 Å². The van der Waals surface area contributed by atoms with E-state index >= 15 is 0 Å². The van der Waals surface area contributed by atoms with Gasteiger partial charge in [-0.3, -0.25) is 4.79 Å². The number of aliphatic hydroxyl groups is 1. The van der Waals surface area contributed by atoms with Gasteiger partial charge in [-0.2, -0.15) is 5.10 Å². The molecule has 0 atom stereocenters. The first-order valence-corrected chi connectivity index (χ1v) is 7.90. The molecule has 0 unspecified atom stereocenters. The largest absolute Gasteiger partial charge is 0.389 e. The molecular weight excluding hydrogens is 280 g/mol. The molecule has 1 saturated carbocycles. The molecule has 2 aliphatic rings. The van der Waals surface area contributed by atoms with E-state index in [0.717, 1.165) is 29.6 Å². The molecule has 2 fully saturated rings. The Morgan fingerprint density at radius 3 is 2.68 bits per heavy atom. The monoisotopic (exact) mass is 300 g/mol. The molecule has 0 aromatic carbocycles. The molecule has 116 valence electrons. The third kappa shape index (κ3) is 2.09.